The lowest BCUT2D eigenvalue weighted by molar-refractivity contribution is 0.343. The average molecular weight is 176 g/mol. The summed E-state index contributed by atoms with van der Waals surface area (Å²) in [5.74, 6) is 0. The van der Waals surface area contributed by atoms with Crippen molar-refractivity contribution >= 4 is 6.08 Å². The maximum absolute atomic E-state index is 8.67. The Bertz CT molecular complexity index is 324. The average Bonchev–Trinajstić information content (AvgIpc) is 2.09. The summed E-state index contributed by atoms with van der Waals surface area (Å²) in [7, 11) is 0. The Labute approximate surface area is 79.7 Å². The third-order valence-electron chi connectivity index (χ3n) is 2.25. The molecule has 1 heteroatoms. The molecule has 1 nitrogen and oxygen atoms in total. The third kappa shape index (κ3) is 2.43. The van der Waals surface area contributed by atoms with Crippen LogP contribution in [-0.2, 0) is 0 Å². The van der Waals surface area contributed by atoms with Crippen molar-refractivity contribution in [1.29, 1.82) is 0 Å². The van der Waals surface area contributed by atoms with E-state index >= 15 is 0 Å². The Kier molecular flexibility index (Phi) is 3.26. The number of aliphatic hydroxyl groups excluding tert-OH is 1. The van der Waals surface area contributed by atoms with Crippen LogP contribution in [0.1, 0.15) is 22.3 Å². The van der Waals surface area contributed by atoms with Gasteiger partial charge in [-0.15, -0.1) is 0 Å². The van der Waals surface area contributed by atoms with Gasteiger partial charge in [-0.2, -0.15) is 0 Å². The topological polar surface area (TPSA) is 20.2 Å². The first-order chi connectivity index (χ1) is 6.15. The fourth-order valence-corrected chi connectivity index (χ4v) is 1.43. The van der Waals surface area contributed by atoms with Crippen LogP contribution in [0, 0.1) is 20.8 Å². The summed E-state index contributed by atoms with van der Waals surface area (Å²) in [5, 5.41) is 8.67. The molecule has 0 amide bonds. The van der Waals surface area contributed by atoms with Crippen molar-refractivity contribution in [3.05, 3.63) is 40.5 Å². The minimum atomic E-state index is 0.104. The predicted octanol–water partition coefficient (Wildman–Crippen LogP) is 2.62. The van der Waals surface area contributed by atoms with Crippen LogP contribution in [-0.4, -0.2) is 11.7 Å². The first-order valence-corrected chi connectivity index (χ1v) is 4.50. The first-order valence-electron chi connectivity index (χ1n) is 4.50. The molecular weight excluding hydrogens is 160 g/mol. The van der Waals surface area contributed by atoms with Crippen molar-refractivity contribution in [1.82, 2.24) is 0 Å². The minimum absolute atomic E-state index is 0.104. The molecule has 0 aromatic heterocycles. The quantitative estimate of drug-likeness (QED) is 0.734. The number of hydrogen-bond donors (Lipinski definition) is 1. The third-order valence-corrected chi connectivity index (χ3v) is 2.25. The molecule has 0 fully saturated rings. The van der Waals surface area contributed by atoms with Crippen molar-refractivity contribution < 1.29 is 5.11 Å². The normalized spacial score (nSPS) is 11.1. The molecule has 0 radical (unpaired) electrons. The fourth-order valence-electron chi connectivity index (χ4n) is 1.43. The highest BCUT2D eigenvalue weighted by molar-refractivity contribution is 5.56. The zero-order valence-corrected chi connectivity index (χ0v) is 8.46. The molecule has 70 valence electrons. The summed E-state index contributed by atoms with van der Waals surface area (Å²) in [6.07, 6.45) is 3.73. The van der Waals surface area contributed by atoms with E-state index in [9.17, 15) is 0 Å². The highest BCUT2D eigenvalue weighted by Crippen LogP contribution is 2.16. The molecule has 1 aromatic carbocycles. The Hall–Kier alpha value is -1.08. The zero-order valence-electron chi connectivity index (χ0n) is 8.46. The van der Waals surface area contributed by atoms with E-state index in [1.165, 1.54) is 22.3 Å². The number of rotatable bonds is 2. The van der Waals surface area contributed by atoms with Gasteiger partial charge in [-0.3, -0.25) is 0 Å². The number of benzene rings is 1. The van der Waals surface area contributed by atoms with Crippen LogP contribution in [0.4, 0.5) is 0 Å². The standard InChI is InChI=1S/C12H16O/c1-9-7-10(2)11(3)12(8-9)5-4-6-13/h4-5,7-8,13H,6H2,1-3H3/b5-4+. The molecule has 0 saturated heterocycles. The van der Waals surface area contributed by atoms with Crippen LogP contribution in [0.25, 0.3) is 6.08 Å². The van der Waals surface area contributed by atoms with Crippen molar-refractivity contribution in [2.75, 3.05) is 6.61 Å². The second kappa shape index (κ2) is 4.24. The van der Waals surface area contributed by atoms with Gasteiger partial charge >= 0.3 is 0 Å². The van der Waals surface area contributed by atoms with E-state index in [-0.39, 0.29) is 6.61 Å². The molecule has 0 bridgehead atoms. The van der Waals surface area contributed by atoms with Crippen molar-refractivity contribution in [2.24, 2.45) is 0 Å². The predicted molar refractivity (Wildman–Crippen MR) is 56.8 cm³/mol. The highest BCUT2D eigenvalue weighted by atomic mass is 16.2. The molecule has 0 unspecified atom stereocenters. The van der Waals surface area contributed by atoms with E-state index < -0.39 is 0 Å². The molecule has 1 rings (SSSR count). The van der Waals surface area contributed by atoms with E-state index in [2.05, 4.69) is 32.9 Å². The Morgan fingerprint density at radius 3 is 2.54 bits per heavy atom. The van der Waals surface area contributed by atoms with Gasteiger partial charge in [0.1, 0.15) is 0 Å². The van der Waals surface area contributed by atoms with Crippen molar-refractivity contribution in [3.63, 3.8) is 0 Å². The lowest BCUT2D eigenvalue weighted by atomic mass is 10.00. The highest BCUT2D eigenvalue weighted by Gasteiger charge is 1.98. The second-order valence-electron chi connectivity index (χ2n) is 3.38. The smallest absolute Gasteiger partial charge is 0.0615 e. The van der Waals surface area contributed by atoms with Gasteiger partial charge in [0.2, 0.25) is 0 Å². The fraction of sp³-hybridized carbons (Fsp3) is 0.333. The molecule has 0 aliphatic rings. The second-order valence-corrected chi connectivity index (χ2v) is 3.38. The number of hydrogen-bond acceptors (Lipinski definition) is 1. The van der Waals surface area contributed by atoms with Gasteiger partial charge in [0.25, 0.3) is 0 Å². The van der Waals surface area contributed by atoms with Gasteiger partial charge in [0, 0.05) is 0 Å². The molecule has 1 N–H and O–H groups in total. The zero-order chi connectivity index (χ0) is 9.84. The Morgan fingerprint density at radius 2 is 1.92 bits per heavy atom. The maximum atomic E-state index is 8.67. The minimum Gasteiger partial charge on any atom is -0.392 e. The van der Waals surface area contributed by atoms with Crippen LogP contribution in [0.3, 0.4) is 0 Å². The molecule has 0 aliphatic carbocycles. The van der Waals surface area contributed by atoms with E-state index in [1.807, 2.05) is 6.08 Å². The van der Waals surface area contributed by atoms with Crippen molar-refractivity contribution in [2.45, 2.75) is 20.8 Å². The summed E-state index contributed by atoms with van der Waals surface area (Å²) in [6.45, 7) is 6.40. The maximum Gasteiger partial charge on any atom is 0.0615 e. The van der Waals surface area contributed by atoms with E-state index in [4.69, 9.17) is 5.11 Å². The summed E-state index contributed by atoms with van der Waals surface area (Å²) >= 11 is 0. The van der Waals surface area contributed by atoms with Crippen molar-refractivity contribution in [3.8, 4) is 0 Å². The molecule has 13 heavy (non-hydrogen) atoms. The molecule has 0 heterocycles. The summed E-state index contributed by atoms with van der Waals surface area (Å²) in [4.78, 5) is 0. The van der Waals surface area contributed by atoms with Crippen LogP contribution in [0.5, 0.6) is 0 Å². The molecule has 1 aromatic rings. The lowest BCUT2D eigenvalue weighted by Crippen LogP contribution is -1.88. The molecule has 0 saturated carbocycles. The van der Waals surface area contributed by atoms with Crippen LogP contribution in [0.2, 0.25) is 0 Å². The van der Waals surface area contributed by atoms with Gasteiger partial charge in [-0.1, -0.05) is 29.8 Å². The van der Waals surface area contributed by atoms with E-state index in [0.29, 0.717) is 0 Å². The van der Waals surface area contributed by atoms with Gasteiger partial charge in [0.15, 0.2) is 0 Å². The number of aliphatic hydroxyl groups is 1. The molecule has 0 aliphatic heterocycles. The van der Waals surface area contributed by atoms with Gasteiger partial charge in [0.05, 0.1) is 6.61 Å². The number of aryl methyl sites for hydroxylation is 2. The van der Waals surface area contributed by atoms with Gasteiger partial charge in [-0.25, -0.2) is 0 Å². The van der Waals surface area contributed by atoms with Crippen LogP contribution >= 0.6 is 0 Å². The lowest BCUT2D eigenvalue weighted by Gasteiger charge is -2.06. The molecule has 0 atom stereocenters. The summed E-state index contributed by atoms with van der Waals surface area (Å²) < 4.78 is 0. The van der Waals surface area contributed by atoms with E-state index in [1.54, 1.807) is 6.08 Å². The summed E-state index contributed by atoms with van der Waals surface area (Å²) in [6, 6.07) is 4.31. The molecule has 0 spiro atoms. The Balaban J connectivity index is 3.12. The van der Waals surface area contributed by atoms with Gasteiger partial charge < -0.3 is 5.11 Å². The monoisotopic (exact) mass is 176 g/mol. The first kappa shape index (κ1) is 10.0. The van der Waals surface area contributed by atoms with Crippen LogP contribution < -0.4 is 0 Å². The molecular formula is C12H16O. The Morgan fingerprint density at radius 1 is 1.23 bits per heavy atom. The van der Waals surface area contributed by atoms with Gasteiger partial charge in [-0.05, 0) is 37.5 Å². The van der Waals surface area contributed by atoms with Crippen LogP contribution in [0.15, 0.2) is 18.2 Å². The largest absolute Gasteiger partial charge is 0.392 e. The summed E-state index contributed by atoms with van der Waals surface area (Å²) in [5.41, 5.74) is 5.06. The SMILES string of the molecule is Cc1cc(C)c(C)c(/C=C/CO)c1. The van der Waals surface area contributed by atoms with E-state index in [0.717, 1.165) is 0 Å².